The van der Waals surface area contributed by atoms with Gasteiger partial charge in [0.15, 0.2) is 0 Å². The Labute approximate surface area is 126 Å². The lowest BCUT2D eigenvalue weighted by atomic mass is 10.2. The summed E-state index contributed by atoms with van der Waals surface area (Å²) in [5.74, 6) is -0.0941. The average Bonchev–Trinajstić information content (AvgIpc) is 2.35. The van der Waals surface area contributed by atoms with Gasteiger partial charge in [-0.25, -0.2) is 0 Å². The minimum absolute atomic E-state index is 0. The second-order valence-electron chi connectivity index (χ2n) is 5.15. The topological polar surface area (TPSA) is 29.1 Å². The van der Waals surface area contributed by atoms with Crippen LogP contribution in [-0.2, 0) is 11.3 Å². The highest BCUT2D eigenvalue weighted by molar-refractivity contribution is 5.86. The normalized spacial score (nSPS) is 10.4. The summed E-state index contributed by atoms with van der Waals surface area (Å²) in [6.45, 7) is 6.18. The summed E-state index contributed by atoms with van der Waals surface area (Å²) in [4.78, 5) is 11.0. The first-order valence-electron chi connectivity index (χ1n) is 6.30. The van der Waals surface area contributed by atoms with E-state index in [1.165, 1.54) is 11.6 Å². The van der Waals surface area contributed by atoms with E-state index in [2.05, 4.69) is 50.3 Å². The lowest BCUT2D eigenvalue weighted by Gasteiger charge is -2.30. The first kappa shape index (κ1) is 17.9. The van der Waals surface area contributed by atoms with E-state index in [-0.39, 0.29) is 22.9 Å². The smallest absolute Gasteiger partial charge is 0.243 e. The first-order chi connectivity index (χ1) is 8.53. The van der Waals surface area contributed by atoms with Crippen LogP contribution in [0, 0.1) is 0 Å². The molecule has 0 unspecified atom stereocenters. The lowest BCUT2D eigenvalue weighted by molar-refractivity contribution is -0.903. The van der Waals surface area contributed by atoms with Crippen molar-refractivity contribution in [1.29, 1.82) is 0 Å². The molecule has 106 valence electrons. The summed E-state index contributed by atoms with van der Waals surface area (Å²) in [5.41, 5.74) is 1.35. The molecule has 1 amide bonds. The van der Waals surface area contributed by atoms with Crippen LogP contribution in [0.1, 0.15) is 12.0 Å². The molecule has 0 spiro atoms. The quantitative estimate of drug-likeness (QED) is 0.387. The highest BCUT2D eigenvalue weighted by Gasteiger charge is 2.15. The van der Waals surface area contributed by atoms with Gasteiger partial charge in [-0.2, -0.15) is 0 Å². The lowest BCUT2D eigenvalue weighted by Crippen LogP contribution is -3.00. The minimum Gasteiger partial charge on any atom is -1.00 e. The number of hydrogen-bond acceptors (Lipinski definition) is 1. The van der Waals surface area contributed by atoms with Crippen molar-refractivity contribution in [3.05, 3.63) is 48.6 Å². The average molecular weight is 327 g/mol. The zero-order chi connectivity index (χ0) is 13.4. The van der Waals surface area contributed by atoms with Crippen LogP contribution in [0.4, 0.5) is 0 Å². The van der Waals surface area contributed by atoms with Crippen molar-refractivity contribution in [3.8, 4) is 0 Å². The standard InChI is InChI=1S/C15H22N2O.BrH/c1-4-15(18)16-11-8-12-17(2,3)13-14-9-6-5-7-10-14;/h4-7,9-10H,1,8,11-13H2,2-3H3;1H. The maximum absolute atomic E-state index is 11.0. The molecule has 0 aliphatic heterocycles. The molecular formula is C15H23BrN2O. The van der Waals surface area contributed by atoms with Crippen molar-refractivity contribution in [2.24, 2.45) is 0 Å². The van der Waals surface area contributed by atoms with Gasteiger partial charge in [0.25, 0.3) is 0 Å². The van der Waals surface area contributed by atoms with Gasteiger partial charge >= 0.3 is 0 Å². The fourth-order valence-electron chi connectivity index (χ4n) is 1.95. The molecule has 0 saturated carbocycles. The molecule has 0 aromatic heterocycles. The van der Waals surface area contributed by atoms with Gasteiger partial charge in [-0.1, -0.05) is 36.9 Å². The molecule has 1 aromatic rings. The Morgan fingerprint density at radius 3 is 2.53 bits per heavy atom. The molecule has 0 fully saturated rings. The highest BCUT2D eigenvalue weighted by Crippen LogP contribution is 2.09. The fourth-order valence-corrected chi connectivity index (χ4v) is 1.95. The van der Waals surface area contributed by atoms with Gasteiger partial charge in [-0.3, -0.25) is 4.79 Å². The van der Waals surface area contributed by atoms with Crippen molar-refractivity contribution < 1.29 is 26.3 Å². The number of rotatable bonds is 7. The third-order valence-electron chi connectivity index (χ3n) is 2.88. The number of hydrogen-bond donors (Lipinski definition) is 1. The van der Waals surface area contributed by atoms with E-state index in [0.717, 1.165) is 24.0 Å². The van der Waals surface area contributed by atoms with E-state index < -0.39 is 0 Å². The van der Waals surface area contributed by atoms with Gasteiger partial charge in [0.05, 0.1) is 20.6 Å². The van der Waals surface area contributed by atoms with E-state index in [9.17, 15) is 4.79 Å². The van der Waals surface area contributed by atoms with Crippen molar-refractivity contribution >= 4 is 5.91 Å². The molecule has 19 heavy (non-hydrogen) atoms. The zero-order valence-electron chi connectivity index (χ0n) is 11.7. The number of halogens is 1. The number of nitrogens with one attached hydrogen (secondary N) is 1. The van der Waals surface area contributed by atoms with Gasteiger partial charge in [-0.05, 0) is 6.08 Å². The first-order valence-corrected chi connectivity index (χ1v) is 6.30. The molecule has 0 saturated heterocycles. The largest absolute Gasteiger partial charge is 1.00 e. The number of nitrogens with zero attached hydrogens (tertiary/aromatic N) is 1. The van der Waals surface area contributed by atoms with Crippen molar-refractivity contribution in [1.82, 2.24) is 5.32 Å². The van der Waals surface area contributed by atoms with E-state index in [4.69, 9.17) is 0 Å². The zero-order valence-corrected chi connectivity index (χ0v) is 13.3. The van der Waals surface area contributed by atoms with Gasteiger partial charge in [-0.15, -0.1) is 0 Å². The molecular weight excluding hydrogens is 304 g/mol. The minimum atomic E-state index is -0.0941. The van der Waals surface area contributed by atoms with Crippen LogP contribution >= 0.6 is 0 Å². The van der Waals surface area contributed by atoms with E-state index in [0.29, 0.717) is 6.54 Å². The molecule has 3 nitrogen and oxygen atoms in total. The van der Waals surface area contributed by atoms with Crippen molar-refractivity contribution in [2.75, 3.05) is 27.2 Å². The summed E-state index contributed by atoms with van der Waals surface area (Å²) < 4.78 is 0.925. The molecule has 0 atom stereocenters. The predicted molar refractivity (Wildman–Crippen MR) is 74.9 cm³/mol. The molecule has 0 aliphatic carbocycles. The number of carbonyl (C=O) groups excluding carboxylic acids is 1. The van der Waals surface area contributed by atoms with Crippen molar-refractivity contribution in [3.63, 3.8) is 0 Å². The van der Waals surface area contributed by atoms with Crippen LogP contribution < -0.4 is 22.3 Å². The predicted octanol–water partition coefficient (Wildman–Crippen LogP) is -1.04. The summed E-state index contributed by atoms with van der Waals surface area (Å²) in [6.07, 6.45) is 2.28. The molecule has 1 rings (SSSR count). The Hall–Kier alpha value is -1.13. The Morgan fingerprint density at radius 1 is 1.32 bits per heavy atom. The molecule has 0 radical (unpaired) electrons. The molecule has 4 heteroatoms. The van der Waals surface area contributed by atoms with Gasteiger partial charge < -0.3 is 26.8 Å². The number of carbonyl (C=O) groups is 1. The molecule has 0 aliphatic rings. The fraction of sp³-hybridized carbons (Fsp3) is 0.400. The highest BCUT2D eigenvalue weighted by atomic mass is 79.9. The maximum atomic E-state index is 11.0. The number of benzene rings is 1. The Morgan fingerprint density at radius 2 is 1.95 bits per heavy atom. The van der Waals surface area contributed by atoms with Gasteiger partial charge in [0.1, 0.15) is 6.54 Å². The Bertz CT molecular complexity index is 390. The van der Waals surface area contributed by atoms with Crippen LogP contribution in [0.3, 0.4) is 0 Å². The van der Waals surface area contributed by atoms with Crippen molar-refractivity contribution in [2.45, 2.75) is 13.0 Å². The monoisotopic (exact) mass is 326 g/mol. The third-order valence-corrected chi connectivity index (χ3v) is 2.88. The Balaban J connectivity index is 0.00000324. The van der Waals surface area contributed by atoms with E-state index in [1.807, 2.05) is 6.07 Å². The van der Waals surface area contributed by atoms with Gasteiger partial charge in [0.2, 0.25) is 5.91 Å². The van der Waals surface area contributed by atoms with Crippen LogP contribution in [0.15, 0.2) is 43.0 Å². The second-order valence-corrected chi connectivity index (χ2v) is 5.15. The molecule has 1 N–H and O–H groups in total. The second kappa shape index (κ2) is 8.88. The summed E-state index contributed by atoms with van der Waals surface area (Å²) in [6, 6.07) is 10.5. The van der Waals surface area contributed by atoms with E-state index in [1.54, 1.807) is 0 Å². The molecule has 0 bridgehead atoms. The van der Waals surface area contributed by atoms with Crippen LogP contribution in [0.25, 0.3) is 0 Å². The van der Waals surface area contributed by atoms with Crippen LogP contribution in [0.2, 0.25) is 0 Å². The SMILES string of the molecule is C=CC(=O)NCCC[N+](C)(C)Cc1ccccc1.[Br-]. The maximum Gasteiger partial charge on any atom is 0.243 e. The van der Waals surface area contributed by atoms with Gasteiger partial charge in [0, 0.05) is 18.5 Å². The summed E-state index contributed by atoms with van der Waals surface area (Å²) in [5, 5.41) is 2.80. The number of quaternary nitrogens is 1. The van der Waals surface area contributed by atoms with Crippen LogP contribution in [-0.4, -0.2) is 37.6 Å². The van der Waals surface area contributed by atoms with E-state index >= 15 is 0 Å². The number of amides is 1. The summed E-state index contributed by atoms with van der Waals surface area (Å²) >= 11 is 0. The third kappa shape index (κ3) is 7.80. The Kier molecular flexibility index (Phi) is 8.35. The molecule has 1 aromatic carbocycles. The molecule has 0 heterocycles. The van der Waals surface area contributed by atoms with Crippen LogP contribution in [0.5, 0.6) is 0 Å². The summed E-state index contributed by atoms with van der Waals surface area (Å²) in [7, 11) is 4.42.